The number of fused-ring (bicyclic) bond motifs is 1. The summed E-state index contributed by atoms with van der Waals surface area (Å²) in [5, 5.41) is 28.4. The van der Waals surface area contributed by atoms with Crippen molar-refractivity contribution in [2.75, 3.05) is 48.3 Å². The summed E-state index contributed by atoms with van der Waals surface area (Å²) in [6, 6.07) is 15.9. The van der Waals surface area contributed by atoms with Crippen molar-refractivity contribution in [1.29, 1.82) is 5.26 Å². The number of hydrogen-bond donors (Lipinski definition) is 2. The Kier molecular flexibility index (Phi) is 6.68. The van der Waals surface area contributed by atoms with E-state index in [9.17, 15) is 10.4 Å². The Bertz CT molecular complexity index is 1480. The number of nitriles is 1. The van der Waals surface area contributed by atoms with Crippen molar-refractivity contribution in [2.45, 2.75) is 38.3 Å². The van der Waals surface area contributed by atoms with Crippen molar-refractivity contribution in [2.24, 2.45) is 5.92 Å². The number of pyridine rings is 1. The van der Waals surface area contributed by atoms with Crippen molar-refractivity contribution in [3.63, 3.8) is 0 Å². The van der Waals surface area contributed by atoms with E-state index in [2.05, 4.69) is 49.7 Å². The fraction of sp³-hybridized carbons (Fsp3) is 0.400. The van der Waals surface area contributed by atoms with E-state index in [0.29, 0.717) is 40.9 Å². The average Bonchev–Trinajstić information content (AvgIpc) is 3.46. The number of phenolic OH excluding ortho intramolecular Hbond substituents is 1. The highest BCUT2D eigenvalue weighted by Crippen LogP contribution is 2.40. The van der Waals surface area contributed by atoms with Crippen LogP contribution in [0.2, 0.25) is 0 Å². The minimum absolute atomic E-state index is 0.154. The van der Waals surface area contributed by atoms with Gasteiger partial charge >= 0.3 is 0 Å². The van der Waals surface area contributed by atoms with E-state index in [-0.39, 0.29) is 11.8 Å². The Morgan fingerprint density at radius 3 is 2.72 bits per heavy atom. The molecule has 3 aliphatic heterocycles. The van der Waals surface area contributed by atoms with E-state index in [1.165, 1.54) is 12.8 Å². The summed E-state index contributed by atoms with van der Waals surface area (Å²) in [4.78, 5) is 11.8. The van der Waals surface area contributed by atoms with Gasteiger partial charge in [-0.05, 0) is 68.4 Å². The normalized spacial score (nSPS) is 22.4. The molecular weight excluding hydrogens is 488 g/mol. The molecule has 198 valence electrons. The lowest BCUT2D eigenvalue weighted by Gasteiger charge is -2.28. The van der Waals surface area contributed by atoms with Gasteiger partial charge in [0.1, 0.15) is 23.3 Å². The number of benzene rings is 1. The minimum atomic E-state index is 0.154. The minimum Gasteiger partial charge on any atom is -0.507 e. The number of rotatable bonds is 4. The van der Waals surface area contributed by atoms with Gasteiger partial charge in [-0.15, -0.1) is 10.2 Å². The summed E-state index contributed by atoms with van der Waals surface area (Å²) >= 11 is 0. The van der Waals surface area contributed by atoms with Crippen molar-refractivity contribution < 1.29 is 5.11 Å². The fourth-order valence-corrected chi connectivity index (χ4v) is 5.95. The van der Waals surface area contributed by atoms with Crippen LogP contribution in [0, 0.1) is 29.1 Å². The predicted molar refractivity (Wildman–Crippen MR) is 151 cm³/mol. The summed E-state index contributed by atoms with van der Waals surface area (Å²) < 4.78 is 0. The van der Waals surface area contributed by atoms with Crippen LogP contribution in [-0.4, -0.2) is 70.0 Å². The molecule has 0 radical (unpaired) electrons. The highest BCUT2D eigenvalue weighted by molar-refractivity contribution is 5.74. The maximum absolute atomic E-state index is 10.3. The summed E-state index contributed by atoms with van der Waals surface area (Å²) in [5.41, 5.74) is 9.32. The van der Waals surface area contributed by atoms with Gasteiger partial charge in [-0.2, -0.15) is 5.26 Å². The third kappa shape index (κ3) is 4.94. The Hall–Kier alpha value is -4.34. The first kappa shape index (κ1) is 25.0. The number of nitrogens with two attached hydrogens (primary N) is 1. The van der Waals surface area contributed by atoms with Gasteiger partial charge in [-0.25, -0.2) is 4.98 Å². The van der Waals surface area contributed by atoms with E-state index >= 15 is 0 Å². The summed E-state index contributed by atoms with van der Waals surface area (Å²) in [6.45, 7) is 6.28. The van der Waals surface area contributed by atoms with Gasteiger partial charge in [-0.1, -0.05) is 18.1 Å². The third-order valence-electron chi connectivity index (χ3n) is 8.29. The zero-order chi connectivity index (χ0) is 26.9. The van der Waals surface area contributed by atoms with Gasteiger partial charge in [0.2, 0.25) is 0 Å². The van der Waals surface area contributed by atoms with Crippen LogP contribution < -0.4 is 15.5 Å². The number of anilines is 3. The molecular formula is C30H32N8O. The molecule has 0 unspecified atom stereocenters. The lowest BCUT2D eigenvalue weighted by atomic mass is 9.86. The number of nitrogen functional groups attached to an aromatic ring is 1. The number of nitrogens with zero attached hydrogens (tertiary/aromatic N) is 7. The van der Waals surface area contributed by atoms with E-state index in [0.717, 1.165) is 50.0 Å². The van der Waals surface area contributed by atoms with E-state index < -0.39 is 0 Å². The zero-order valence-electron chi connectivity index (χ0n) is 22.1. The average molecular weight is 521 g/mol. The highest BCUT2D eigenvalue weighted by Gasteiger charge is 2.41. The van der Waals surface area contributed by atoms with Crippen LogP contribution >= 0.6 is 0 Å². The van der Waals surface area contributed by atoms with Crippen molar-refractivity contribution >= 4 is 17.3 Å². The van der Waals surface area contributed by atoms with Gasteiger partial charge in [0.25, 0.3) is 0 Å². The van der Waals surface area contributed by atoms with Crippen LogP contribution in [-0.2, 0) is 0 Å². The summed E-state index contributed by atoms with van der Waals surface area (Å²) in [7, 11) is 0. The topological polar surface area (TPSA) is 118 Å². The van der Waals surface area contributed by atoms with E-state index in [4.69, 9.17) is 10.7 Å². The summed E-state index contributed by atoms with van der Waals surface area (Å²) in [5.74, 6) is 8.67. The van der Waals surface area contributed by atoms with E-state index in [1.54, 1.807) is 12.1 Å². The molecule has 0 amide bonds. The lowest BCUT2D eigenvalue weighted by Crippen LogP contribution is -2.35. The maximum atomic E-state index is 10.3. The molecule has 2 bridgehead atoms. The van der Waals surface area contributed by atoms with Gasteiger partial charge in [0.15, 0.2) is 5.82 Å². The first-order valence-electron chi connectivity index (χ1n) is 13.6. The quantitative estimate of drug-likeness (QED) is 0.500. The molecule has 9 heteroatoms. The largest absolute Gasteiger partial charge is 0.507 e. The predicted octanol–water partition coefficient (Wildman–Crippen LogP) is 3.25. The molecule has 5 heterocycles. The van der Waals surface area contributed by atoms with Crippen LogP contribution in [0.3, 0.4) is 0 Å². The first-order valence-corrected chi connectivity index (χ1v) is 13.6. The summed E-state index contributed by atoms with van der Waals surface area (Å²) in [6.07, 6.45) is 3.49. The molecule has 2 aromatic heterocycles. The Morgan fingerprint density at radius 2 is 1.95 bits per heavy atom. The smallest absolute Gasteiger partial charge is 0.169 e. The molecule has 7 rings (SSSR count). The van der Waals surface area contributed by atoms with Crippen LogP contribution in [0.15, 0.2) is 42.5 Å². The van der Waals surface area contributed by atoms with Gasteiger partial charge in [0, 0.05) is 43.8 Å². The van der Waals surface area contributed by atoms with Crippen LogP contribution in [0.5, 0.6) is 5.75 Å². The maximum Gasteiger partial charge on any atom is 0.169 e. The molecule has 9 nitrogen and oxygen atoms in total. The molecule has 4 aliphatic rings. The molecule has 1 saturated carbocycles. The molecule has 39 heavy (non-hydrogen) atoms. The Balaban J connectivity index is 1.21. The zero-order valence-corrected chi connectivity index (χ0v) is 22.1. The lowest BCUT2D eigenvalue weighted by molar-refractivity contribution is 0.268. The van der Waals surface area contributed by atoms with E-state index in [1.807, 2.05) is 30.3 Å². The molecule has 1 atom stereocenters. The number of aromatic hydroxyl groups is 1. The van der Waals surface area contributed by atoms with Crippen molar-refractivity contribution in [3.05, 3.63) is 53.7 Å². The molecule has 4 fully saturated rings. The molecule has 3 aromatic rings. The second-order valence-electron chi connectivity index (χ2n) is 10.7. The second kappa shape index (κ2) is 10.4. The highest BCUT2D eigenvalue weighted by atomic mass is 16.3. The van der Waals surface area contributed by atoms with Gasteiger partial charge in [0.05, 0.1) is 23.5 Å². The molecule has 1 aliphatic carbocycles. The van der Waals surface area contributed by atoms with Gasteiger partial charge in [-0.3, -0.25) is 4.90 Å². The van der Waals surface area contributed by atoms with Crippen LogP contribution in [0.25, 0.3) is 11.3 Å². The third-order valence-corrected chi connectivity index (χ3v) is 8.29. The first-order chi connectivity index (χ1) is 19.0. The standard InChI is InChI=1S/C30H32N8O/c1-20-10-12-36(27-17-26(34-35-30(27)32)24-5-2-3-7-28(24)39)13-14-38(20)29-9-8-22(18-31)25(33-29)6-4-11-37-19-21-15-23(37)16-21/h2-3,5,7-9,17,20-21,23,39H,10-16,19H2,1H3,(H2,32,35)/t20-,21?,23?/m0/s1. The molecule has 3 N–H and O–H groups in total. The van der Waals surface area contributed by atoms with Crippen molar-refractivity contribution in [3.8, 4) is 34.9 Å². The fourth-order valence-electron chi connectivity index (χ4n) is 5.95. The Morgan fingerprint density at radius 1 is 1.10 bits per heavy atom. The second-order valence-corrected chi connectivity index (χ2v) is 10.7. The number of hydrogen-bond acceptors (Lipinski definition) is 9. The number of para-hydroxylation sites is 1. The Labute approximate surface area is 228 Å². The molecule has 1 aromatic carbocycles. The molecule has 3 saturated heterocycles. The number of phenols is 1. The van der Waals surface area contributed by atoms with Crippen molar-refractivity contribution in [1.82, 2.24) is 20.1 Å². The monoisotopic (exact) mass is 520 g/mol. The van der Waals surface area contributed by atoms with Crippen LogP contribution in [0.1, 0.15) is 37.4 Å². The molecule has 0 spiro atoms. The van der Waals surface area contributed by atoms with Crippen LogP contribution in [0.4, 0.5) is 17.3 Å². The SMILES string of the molecule is C[C@H]1CCN(c2cc(-c3ccccc3O)nnc2N)CCN1c1ccc(C#N)c(C#CCN2CC3CC2C3)n1. The van der Waals surface area contributed by atoms with Gasteiger partial charge < -0.3 is 20.6 Å². The number of aromatic nitrogens is 3.